The fourth-order valence-corrected chi connectivity index (χ4v) is 3.61. The smallest absolute Gasteiger partial charge is 0.271 e. The maximum Gasteiger partial charge on any atom is 0.271 e. The number of nitrogen functional groups attached to an aromatic ring is 1. The highest BCUT2D eigenvalue weighted by atomic mass is 32.1. The van der Waals surface area contributed by atoms with Crippen LogP contribution < -0.4 is 16.4 Å². The fourth-order valence-electron chi connectivity index (χ4n) is 2.69. The molecule has 0 saturated heterocycles. The third-order valence-corrected chi connectivity index (χ3v) is 5.34. The van der Waals surface area contributed by atoms with Gasteiger partial charge in [0.05, 0.1) is 25.8 Å². The van der Waals surface area contributed by atoms with Gasteiger partial charge in [-0.15, -0.1) is 0 Å². The Morgan fingerprint density at radius 1 is 1.00 bits per heavy atom. The van der Waals surface area contributed by atoms with Gasteiger partial charge in [-0.2, -0.15) is 0 Å². The van der Waals surface area contributed by atoms with E-state index < -0.39 is 21.6 Å². The number of carbonyl (C=O) groups is 1. The van der Waals surface area contributed by atoms with Crippen molar-refractivity contribution < 1.29 is 19.0 Å². The molecule has 0 radical (unpaired) electrons. The number of hydrogen-bond donors (Lipinski definition) is 3. The number of nitrogens with two attached hydrogens (primary N) is 1. The number of halogens is 1. The molecule has 0 aliphatic carbocycles. The average molecular weight is 515 g/mol. The van der Waals surface area contributed by atoms with E-state index in [0.29, 0.717) is 16.2 Å². The molecule has 1 heterocycles. The second-order valence-electron chi connectivity index (χ2n) is 6.66. The molecule has 3 aromatic carbocycles. The second-order valence-corrected chi connectivity index (χ2v) is 8.13. The number of non-ortho nitro benzene ring substituents is 2. The van der Waals surface area contributed by atoms with Crippen LogP contribution >= 0.6 is 23.6 Å². The van der Waals surface area contributed by atoms with Crippen molar-refractivity contribution in [2.45, 2.75) is 0 Å². The lowest BCUT2D eigenvalue weighted by molar-refractivity contribution is -0.385. The fraction of sp³-hybridized carbons (Fsp3) is 0. The van der Waals surface area contributed by atoms with Crippen molar-refractivity contribution in [3.8, 4) is 0 Å². The van der Waals surface area contributed by atoms with Crippen LogP contribution in [0.1, 0.15) is 10.4 Å². The van der Waals surface area contributed by atoms with Gasteiger partial charge in [-0.3, -0.25) is 30.3 Å². The van der Waals surface area contributed by atoms with Crippen molar-refractivity contribution in [2.75, 3.05) is 11.1 Å². The lowest BCUT2D eigenvalue weighted by Crippen LogP contribution is -2.34. The first kappa shape index (κ1) is 25.1. The summed E-state index contributed by atoms with van der Waals surface area (Å²) in [6, 6.07) is 15.8. The zero-order valence-electron chi connectivity index (χ0n) is 17.5. The number of hydrogen-bond acceptors (Lipinski definition) is 9. The summed E-state index contributed by atoms with van der Waals surface area (Å²) in [5, 5.41) is 26.1. The second kappa shape index (κ2) is 11.0. The molecule has 35 heavy (non-hydrogen) atoms. The first-order valence-electron chi connectivity index (χ1n) is 9.56. The summed E-state index contributed by atoms with van der Waals surface area (Å²) in [7, 11) is 0. The number of carbonyl (C=O) groups excluding carboxylic acids is 1. The molecule has 0 unspecified atom stereocenters. The Bertz CT molecular complexity index is 1430. The highest BCUT2D eigenvalue weighted by Crippen LogP contribution is 2.26. The molecule has 1 amide bonds. The summed E-state index contributed by atoms with van der Waals surface area (Å²) >= 11 is 6.22. The Kier molecular flexibility index (Phi) is 7.91. The van der Waals surface area contributed by atoms with Crippen molar-refractivity contribution in [2.24, 2.45) is 0 Å². The van der Waals surface area contributed by atoms with Crippen molar-refractivity contribution in [3.63, 3.8) is 0 Å². The maximum atomic E-state index is 13.6. The highest BCUT2D eigenvalue weighted by molar-refractivity contribution is 7.80. The number of amides is 1. The van der Waals surface area contributed by atoms with E-state index in [2.05, 4.69) is 15.6 Å². The lowest BCUT2D eigenvalue weighted by atomic mass is 10.2. The largest absolute Gasteiger partial charge is 0.375 e. The number of thiocarbonyl (C=S) groups is 1. The first-order chi connectivity index (χ1) is 16.6. The number of aromatic nitrogens is 1. The van der Waals surface area contributed by atoms with Crippen LogP contribution in [0, 0.1) is 26.0 Å². The Morgan fingerprint density at radius 3 is 2.29 bits per heavy atom. The van der Waals surface area contributed by atoms with Crippen LogP contribution in [0.15, 0.2) is 66.7 Å². The van der Waals surface area contributed by atoms with E-state index in [1.165, 1.54) is 23.5 Å². The van der Waals surface area contributed by atoms with Gasteiger partial charge in [0.25, 0.3) is 17.3 Å². The number of benzene rings is 3. The van der Waals surface area contributed by atoms with Gasteiger partial charge in [-0.25, -0.2) is 9.37 Å². The SMILES string of the molecule is Nc1nc2cc([N+](=O)[O-])ccc2s1.O=C(NC(=S)Nc1cc([N+](=O)[O-])ccc1F)c1ccccc1. The molecule has 178 valence electrons. The summed E-state index contributed by atoms with van der Waals surface area (Å²) < 4.78 is 14.5. The Morgan fingerprint density at radius 2 is 1.63 bits per heavy atom. The average Bonchev–Trinajstić information content (AvgIpc) is 3.20. The highest BCUT2D eigenvalue weighted by Gasteiger charge is 2.13. The number of nitrogens with one attached hydrogen (secondary N) is 2. The van der Waals surface area contributed by atoms with Gasteiger partial charge in [0.2, 0.25) is 0 Å². The van der Waals surface area contributed by atoms with Crippen LogP contribution in [0.2, 0.25) is 0 Å². The molecule has 0 spiro atoms. The molecular formula is C21H15FN6O5S2. The van der Waals surface area contributed by atoms with Gasteiger partial charge in [-0.05, 0) is 36.5 Å². The third kappa shape index (κ3) is 6.72. The normalized spacial score (nSPS) is 10.1. The first-order valence-corrected chi connectivity index (χ1v) is 10.8. The van der Waals surface area contributed by atoms with Crippen LogP contribution in [0.4, 0.5) is 26.6 Å². The predicted octanol–water partition coefficient (Wildman–Crippen LogP) is 4.65. The Labute approximate surface area is 205 Å². The molecule has 4 aromatic rings. The van der Waals surface area contributed by atoms with E-state index in [1.807, 2.05) is 0 Å². The van der Waals surface area contributed by atoms with Gasteiger partial charge in [0, 0.05) is 29.8 Å². The number of anilines is 2. The van der Waals surface area contributed by atoms with Crippen LogP contribution in [0.3, 0.4) is 0 Å². The van der Waals surface area contributed by atoms with E-state index in [-0.39, 0.29) is 22.2 Å². The van der Waals surface area contributed by atoms with Crippen molar-refractivity contribution in [1.29, 1.82) is 0 Å². The number of rotatable bonds is 4. The number of nitro groups is 2. The van der Waals surface area contributed by atoms with E-state index >= 15 is 0 Å². The molecule has 0 saturated carbocycles. The zero-order chi connectivity index (χ0) is 25.5. The summed E-state index contributed by atoms with van der Waals surface area (Å²) in [4.78, 5) is 35.8. The van der Waals surface area contributed by atoms with E-state index in [9.17, 15) is 29.4 Å². The van der Waals surface area contributed by atoms with Crippen LogP contribution in [0.5, 0.6) is 0 Å². The standard InChI is InChI=1S/C14H10FN3O3S.C7H5N3O2S/c15-11-7-6-10(18(20)21)8-12(11)16-14(22)17-13(19)9-4-2-1-3-5-9;8-7-9-5-3-4(10(11)12)1-2-6(5)13-7/h1-8H,(H2,16,17,19,22);1-3H,(H2,8,9). The minimum atomic E-state index is -0.720. The predicted molar refractivity (Wildman–Crippen MR) is 134 cm³/mol. The van der Waals surface area contributed by atoms with Gasteiger partial charge in [0.1, 0.15) is 5.82 Å². The summed E-state index contributed by atoms with van der Waals surface area (Å²) in [6.45, 7) is 0. The van der Waals surface area contributed by atoms with Crippen molar-refractivity contribution in [1.82, 2.24) is 10.3 Å². The van der Waals surface area contributed by atoms with Gasteiger partial charge in [0.15, 0.2) is 10.2 Å². The van der Waals surface area contributed by atoms with E-state index in [0.717, 1.165) is 22.9 Å². The minimum Gasteiger partial charge on any atom is -0.375 e. The van der Waals surface area contributed by atoms with Crippen LogP contribution in [-0.2, 0) is 0 Å². The van der Waals surface area contributed by atoms with Crippen LogP contribution in [-0.4, -0.2) is 25.9 Å². The molecule has 4 N–H and O–H groups in total. The number of nitro benzene ring substituents is 2. The number of nitrogens with zero attached hydrogens (tertiary/aromatic N) is 3. The molecule has 4 rings (SSSR count). The van der Waals surface area contributed by atoms with E-state index in [1.54, 1.807) is 36.4 Å². The third-order valence-electron chi connectivity index (χ3n) is 4.27. The molecule has 0 atom stereocenters. The van der Waals surface area contributed by atoms with Crippen molar-refractivity contribution >= 4 is 67.0 Å². The molecule has 14 heteroatoms. The van der Waals surface area contributed by atoms with Gasteiger partial charge >= 0.3 is 0 Å². The molecular weight excluding hydrogens is 499 g/mol. The molecule has 11 nitrogen and oxygen atoms in total. The maximum absolute atomic E-state index is 13.6. The Balaban J connectivity index is 0.000000223. The molecule has 0 bridgehead atoms. The lowest BCUT2D eigenvalue weighted by Gasteiger charge is -2.10. The van der Waals surface area contributed by atoms with Crippen LogP contribution in [0.25, 0.3) is 10.2 Å². The number of fused-ring (bicyclic) bond motifs is 1. The van der Waals surface area contributed by atoms with Gasteiger partial charge in [-0.1, -0.05) is 29.5 Å². The summed E-state index contributed by atoms with van der Waals surface area (Å²) in [5.41, 5.74) is 5.98. The summed E-state index contributed by atoms with van der Waals surface area (Å²) in [6.07, 6.45) is 0. The quantitative estimate of drug-likeness (QED) is 0.200. The van der Waals surface area contributed by atoms with Gasteiger partial charge < -0.3 is 11.1 Å². The zero-order valence-corrected chi connectivity index (χ0v) is 19.1. The topological polar surface area (TPSA) is 166 Å². The molecule has 0 fully saturated rings. The minimum absolute atomic E-state index is 0.0396. The molecule has 0 aliphatic heterocycles. The number of thiazole rings is 1. The monoisotopic (exact) mass is 514 g/mol. The molecule has 1 aromatic heterocycles. The summed E-state index contributed by atoms with van der Waals surface area (Å²) in [5.74, 6) is -1.19. The molecule has 0 aliphatic rings. The van der Waals surface area contributed by atoms with Crippen molar-refractivity contribution in [3.05, 3.63) is 98.3 Å². The Hall–Kier alpha value is -4.56. The van der Waals surface area contributed by atoms with E-state index in [4.69, 9.17) is 18.0 Å².